The zero-order valence-electron chi connectivity index (χ0n) is 22.1. The van der Waals surface area contributed by atoms with Crippen LogP contribution in [0.25, 0.3) is 11.4 Å². The molecule has 1 aliphatic heterocycles. The number of methoxy groups -OCH3 is 2. The topological polar surface area (TPSA) is 115 Å². The summed E-state index contributed by atoms with van der Waals surface area (Å²) in [5.74, 6) is 1.93. The van der Waals surface area contributed by atoms with E-state index in [-0.39, 0.29) is 23.2 Å². The molecular formula is C26H32N4O6S2. The number of thioether (sulfide) groups is 1. The highest BCUT2D eigenvalue weighted by molar-refractivity contribution is 7.98. The summed E-state index contributed by atoms with van der Waals surface area (Å²) in [4.78, 5) is 20.2. The molecule has 0 spiro atoms. The highest BCUT2D eigenvalue weighted by Gasteiger charge is 2.28. The molecular weight excluding hydrogens is 528 g/mol. The van der Waals surface area contributed by atoms with E-state index in [9.17, 15) is 13.2 Å². The first-order chi connectivity index (χ1) is 18.2. The molecule has 1 saturated heterocycles. The number of benzene rings is 2. The predicted octanol–water partition coefficient (Wildman–Crippen LogP) is 4.17. The molecule has 1 fully saturated rings. The van der Waals surface area contributed by atoms with E-state index in [0.29, 0.717) is 47.5 Å². The van der Waals surface area contributed by atoms with Gasteiger partial charge < -0.3 is 18.9 Å². The minimum absolute atomic E-state index is 0.0335. The summed E-state index contributed by atoms with van der Waals surface area (Å²) in [6.45, 7) is 3.38. The molecule has 12 heteroatoms. The van der Waals surface area contributed by atoms with E-state index in [1.54, 1.807) is 31.4 Å². The molecule has 0 aliphatic carbocycles. The fourth-order valence-corrected chi connectivity index (χ4v) is 5.98. The predicted molar refractivity (Wildman–Crippen MR) is 144 cm³/mol. The SMILES string of the molecule is COc1ccc(-c2noc(CN(C)S(=O)(=O)c3ccc(SC)c(C(=O)N4CCC(C)CC4)c3)n2)cc1OC. The molecule has 0 atom stereocenters. The Morgan fingerprint density at radius 2 is 1.84 bits per heavy atom. The van der Waals surface area contributed by atoms with Gasteiger partial charge in [-0.1, -0.05) is 12.1 Å². The second-order valence-corrected chi connectivity index (χ2v) is 12.1. The third kappa shape index (κ3) is 5.82. The van der Waals surface area contributed by atoms with Crippen LogP contribution in [0.15, 0.2) is 50.7 Å². The summed E-state index contributed by atoms with van der Waals surface area (Å²) >= 11 is 1.42. The maximum Gasteiger partial charge on any atom is 0.255 e. The minimum atomic E-state index is -3.94. The van der Waals surface area contributed by atoms with Gasteiger partial charge in [-0.05, 0) is 61.4 Å². The van der Waals surface area contributed by atoms with Gasteiger partial charge in [0, 0.05) is 30.6 Å². The van der Waals surface area contributed by atoms with Crippen molar-refractivity contribution in [1.29, 1.82) is 0 Å². The average molecular weight is 561 g/mol. The first-order valence-corrected chi connectivity index (χ1v) is 14.8. The highest BCUT2D eigenvalue weighted by Crippen LogP contribution is 2.32. The third-order valence-corrected chi connectivity index (χ3v) is 9.24. The van der Waals surface area contributed by atoms with Crippen molar-refractivity contribution in [1.82, 2.24) is 19.3 Å². The van der Waals surface area contributed by atoms with Crippen LogP contribution in [-0.2, 0) is 16.6 Å². The van der Waals surface area contributed by atoms with Crippen molar-refractivity contribution in [3.63, 3.8) is 0 Å². The number of rotatable bonds is 9. The second-order valence-electron chi connectivity index (χ2n) is 9.18. The standard InChI is InChI=1S/C26H32N4O6S2/c1-17-10-12-30(13-11-17)26(31)20-15-19(7-9-23(20)37-5)38(32,33)29(2)16-24-27-25(28-36-24)18-6-8-21(34-3)22(14-18)35-4/h6-9,14-15,17H,10-13,16H2,1-5H3. The zero-order valence-corrected chi connectivity index (χ0v) is 23.8. The summed E-state index contributed by atoms with van der Waals surface area (Å²) in [6, 6.07) is 9.87. The number of hydrogen-bond donors (Lipinski definition) is 0. The number of hydrogen-bond acceptors (Lipinski definition) is 9. The summed E-state index contributed by atoms with van der Waals surface area (Å²) in [7, 11) is 0.565. The Hall–Kier alpha value is -3.09. The van der Waals surface area contributed by atoms with E-state index in [1.807, 2.05) is 11.2 Å². The van der Waals surface area contributed by atoms with Crippen LogP contribution in [0.3, 0.4) is 0 Å². The van der Waals surface area contributed by atoms with Gasteiger partial charge in [0.1, 0.15) is 0 Å². The number of nitrogens with zero attached hydrogens (tertiary/aromatic N) is 4. The van der Waals surface area contributed by atoms with E-state index in [2.05, 4.69) is 17.1 Å². The highest BCUT2D eigenvalue weighted by atomic mass is 32.2. The van der Waals surface area contributed by atoms with Gasteiger partial charge in [-0.25, -0.2) is 8.42 Å². The first-order valence-electron chi connectivity index (χ1n) is 12.2. The quantitative estimate of drug-likeness (QED) is 0.356. The summed E-state index contributed by atoms with van der Waals surface area (Å²) in [5, 5.41) is 3.99. The monoisotopic (exact) mass is 560 g/mol. The minimum Gasteiger partial charge on any atom is -0.493 e. The average Bonchev–Trinajstić information content (AvgIpc) is 3.40. The van der Waals surface area contributed by atoms with Gasteiger partial charge >= 0.3 is 0 Å². The van der Waals surface area contributed by atoms with Crippen molar-refractivity contribution in [2.45, 2.75) is 36.1 Å². The van der Waals surface area contributed by atoms with Gasteiger partial charge in [-0.3, -0.25) is 4.79 Å². The molecule has 3 aromatic rings. The van der Waals surface area contributed by atoms with E-state index >= 15 is 0 Å². The number of amides is 1. The molecule has 0 radical (unpaired) electrons. The summed E-state index contributed by atoms with van der Waals surface area (Å²) < 4.78 is 43.9. The Labute approximate surface area is 227 Å². The zero-order chi connectivity index (χ0) is 27.4. The van der Waals surface area contributed by atoms with Crippen molar-refractivity contribution in [3.05, 3.63) is 47.9 Å². The van der Waals surface area contributed by atoms with Crippen molar-refractivity contribution < 1.29 is 27.2 Å². The van der Waals surface area contributed by atoms with Crippen molar-refractivity contribution in [2.75, 3.05) is 40.6 Å². The summed E-state index contributed by atoms with van der Waals surface area (Å²) in [6.07, 6.45) is 3.75. The number of sulfonamides is 1. The Morgan fingerprint density at radius 3 is 2.50 bits per heavy atom. The molecule has 2 heterocycles. The Balaban J connectivity index is 1.54. The number of likely N-dealkylation sites (tertiary alicyclic amines) is 1. The lowest BCUT2D eigenvalue weighted by atomic mass is 9.98. The smallest absolute Gasteiger partial charge is 0.255 e. The molecule has 1 aliphatic rings. The maximum absolute atomic E-state index is 13.4. The van der Waals surface area contributed by atoms with Crippen LogP contribution >= 0.6 is 11.8 Å². The fourth-order valence-electron chi connectivity index (χ4n) is 4.26. The van der Waals surface area contributed by atoms with Gasteiger partial charge in [0.05, 0.1) is 31.2 Å². The van der Waals surface area contributed by atoms with Crippen LogP contribution in [0, 0.1) is 5.92 Å². The van der Waals surface area contributed by atoms with E-state index < -0.39 is 10.0 Å². The van der Waals surface area contributed by atoms with Crippen molar-refractivity contribution in [3.8, 4) is 22.9 Å². The lowest BCUT2D eigenvalue weighted by Crippen LogP contribution is -2.38. The Bertz CT molecular complexity index is 1400. The first kappa shape index (κ1) is 27.9. The van der Waals surface area contributed by atoms with Crippen LogP contribution < -0.4 is 9.47 Å². The maximum atomic E-state index is 13.4. The molecule has 10 nitrogen and oxygen atoms in total. The normalized spacial score (nSPS) is 14.6. The van der Waals surface area contributed by atoms with Crippen molar-refractivity contribution >= 4 is 27.7 Å². The molecule has 0 bridgehead atoms. The summed E-state index contributed by atoms with van der Waals surface area (Å²) in [5.41, 5.74) is 1.03. The van der Waals surface area contributed by atoms with E-state index in [1.165, 1.54) is 38.1 Å². The molecule has 0 N–H and O–H groups in total. The Morgan fingerprint density at radius 1 is 1.13 bits per heavy atom. The Kier molecular flexibility index (Phi) is 8.64. The lowest BCUT2D eigenvalue weighted by Gasteiger charge is -2.31. The van der Waals surface area contributed by atoms with Gasteiger partial charge in [0.25, 0.3) is 5.91 Å². The van der Waals surface area contributed by atoms with E-state index in [4.69, 9.17) is 14.0 Å². The van der Waals surface area contributed by atoms with Gasteiger partial charge in [-0.15, -0.1) is 11.8 Å². The van der Waals surface area contributed by atoms with E-state index in [0.717, 1.165) is 22.0 Å². The van der Waals surface area contributed by atoms with Crippen LogP contribution in [0.1, 0.15) is 36.0 Å². The molecule has 4 rings (SSSR count). The lowest BCUT2D eigenvalue weighted by molar-refractivity contribution is 0.0693. The van der Waals surface area contributed by atoms with Gasteiger partial charge in [0.2, 0.25) is 21.7 Å². The van der Waals surface area contributed by atoms with Gasteiger partial charge in [0.15, 0.2) is 11.5 Å². The second kappa shape index (κ2) is 11.7. The van der Waals surface area contributed by atoms with Gasteiger partial charge in [-0.2, -0.15) is 9.29 Å². The molecule has 38 heavy (non-hydrogen) atoms. The molecule has 1 aromatic heterocycles. The molecule has 204 valence electrons. The number of carbonyl (C=O) groups is 1. The van der Waals surface area contributed by atoms with Crippen LogP contribution in [0.5, 0.6) is 11.5 Å². The van der Waals surface area contributed by atoms with Crippen LogP contribution in [0.4, 0.5) is 0 Å². The molecule has 2 aromatic carbocycles. The number of ether oxygens (including phenoxy) is 2. The van der Waals surface area contributed by atoms with Crippen molar-refractivity contribution in [2.24, 2.45) is 5.92 Å². The third-order valence-electron chi connectivity index (χ3n) is 6.65. The van der Waals surface area contributed by atoms with Crippen LogP contribution in [0.2, 0.25) is 0 Å². The number of carbonyl (C=O) groups excluding carboxylic acids is 1. The molecule has 1 amide bonds. The number of piperidine rings is 1. The molecule has 0 saturated carbocycles. The molecule has 0 unspecified atom stereocenters. The fraction of sp³-hybridized carbons (Fsp3) is 0.423. The largest absolute Gasteiger partial charge is 0.493 e. The number of aromatic nitrogens is 2. The van der Waals surface area contributed by atoms with Crippen LogP contribution in [-0.4, -0.2) is 74.3 Å².